The second-order valence-electron chi connectivity index (χ2n) is 8.42. The molecule has 26 heavy (non-hydrogen) atoms. The van der Waals surface area contributed by atoms with Gasteiger partial charge in [0.1, 0.15) is 0 Å². The van der Waals surface area contributed by atoms with Crippen molar-refractivity contribution in [1.29, 1.82) is 0 Å². The zero-order valence-electron chi connectivity index (χ0n) is 18.0. The fourth-order valence-corrected chi connectivity index (χ4v) is 3.39. The molecule has 0 heterocycles. The molecular weight excluding hydrogens is 312 g/mol. The monoisotopic (exact) mass is 350 g/mol. The lowest BCUT2D eigenvalue weighted by Gasteiger charge is -2.18. The van der Waals surface area contributed by atoms with Crippen LogP contribution in [0.2, 0.25) is 0 Å². The van der Waals surface area contributed by atoms with Gasteiger partial charge in [0, 0.05) is 0 Å². The van der Waals surface area contributed by atoms with Crippen molar-refractivity contribution in [3.05, 3.63) is 77.4 Å². The van der Waals surface area contributed by atoms with Crippen molar-refractivity contribution >= 4 is 5.57 Å². The normalized spacial score (nSPS) is 15.1. The van der Waals surface area contributed by atoms with Crippen molar-refractivity contribution in [3.8, 4) is 0 Å². The molecule has 0 aliphatic carbocycles. The Hall–Kier alpha value is -1.82. The number of hydrogen-bond acceptors (Lipinski definition) is 0. The van der Waals surface area contributed by atoms with Crippen LogP contribution in [0.4, 0.5) is 0 Å². The van der Waals surface area contributed by atoms with Gasteiger partial charge in [0.15, 0.2) is 0 Å². The Morgan fingerprint density at radius 1 is 1.00 bits per heavy atom. The molecule has 2 atom stereocenters. The maximum absolute atomic E-state index is 4.38. The van der Waals surface area contributed by atoms with Gasteiger partial charge >= 0.3 is 0 Å². The van der Waals surface area contributed by atoms with E-state index in [1.165, 1.54) is 39.8 Å². The molecule has 0 aliphatic rings. The third kappa shape index (κ3) is 7.20. The first kappa shape index (κ1) is 22.2. The summed E-state index contributed by atoms with van der Waals surface area (Å²) in [6, 6.07) is 8.79. The van der Waals surface area contributed by atoms with Gasteiger partial charge in [0.25, 0.3) is 0 Å². The molecule has 142 valence electrons. The van der Waals surface area contributed by atoms with Crippen LogP contribution in [0.1, 0.15) is 65.5 Å². The summed E-state index contributed by atoms with van der Waals surface area (Å²) >= 11 is 0. The highest BCUT2D eigenvalue weighted by atomic mass is 14.2. The second-order valence-corrected chi connectivity index (χ2v) is 8.42. The maximum atomic E-state index is 4.38. The van der Waals surface area contributed by atoms with E-state index in [1.807, 2.05) is 0 Å². The summed E-state index contributed by atoms with van der Waals surface area (Å²) in [7, 11) is 0. The van der Waals surface area contributed by atoms with Gasteiger partial charge in [-0.3, -0.25) is 0 Å². The first-order valence-corrected chi connectivity index (χ1v) is 9.91. The Balaban J connectivity index is 3.07. The zero-order chi connectivity index (χ0) is 19.9. The van der Waals surface area contributed by atoms with Gasteiger partial charge in [-0.25, -0.2) is 0 Å². The minimum atomic E-state index is 0.438. The molecule has 0 saturated carbocycles. The molecule has 0 fully saturated rings. The Labute approximate surface area is 162 Å². The Morgan fingerprint density at radius 2 is 1.58 bits per heavy atom. The van der Waals surface area contributed by atoms with E-state index in [1.54, 1.807) is 0 Å². The van der Waals surface area contributed by atoms with Gasteiger partial charge < -0.3 is 0 Å². The lowest BCUT2D eigenvalue weighted by atomic mass is 9.88. The highest BCUT2D eigenvalue weighted by molar-refractivity contribution is 5.73. The third-order valence-electron chi connectivity index (χ3n) is 4.99. The molecule has 0 radical (unpaired) electrons. The highest BCUT2D eigenvalue weighted by Crippen LogP contribution is 2.29. The zero-order valence-corrected chi connectivity index (χ0v) is 18.0. The van der Waals surface area contributed by atoms with Crippen LogP contribution < -0.4 is 0 Å². The maximum Gasteiger partial charge on any atom is -0.0196 e. The summed E-state index contributed by atoms with van der Waals surface area (Å²) in [6.07, 6.45) is 6.96. The molecule has 0 amide bonds. The van der Waals surface area contributed by atoms with Crippen LogP contribution in [0.15, 0.2) is 66.3 Å². The van der Waals surface area contributed by atoms with E-state index >= 15 is 0 Å². The van der Waals surface area contributed by atoms with Crippen molar-refractivity contribution in [2.75, 3.05) is 0 Å². The van der Waals surface area contributed by atoms with Crippen molar-refractivity contribution in [1.82, 2.24) is 0 Å². The van der Waals surface area contributed by atoms with Crippen molar-refractivity contribution < 1.29 is 0 Å². The number of rotatable bonds is 9. The minimum absolute atomic E-state index is 0.438. The Bertz CT molecular complexity index is 664. The van der Waals surface area contributed by atoms with E-state index in [9.17, 15) is 0 Å². The lowest BCUT2D eigenvalue weighted by molar-refractivity contribution is 0.464. The molecule has 0 heteroatoms. The van der Waals surface area contributed by atoms with Crippen LogP contribution in [0.25, 0.3) is 5.57 Å². The van der Waals surface area contributed by atoms with Gasteiger partial charge in [-0.2, -0.15) is 0 Å². The molecule has 0 saturated heterocycles. The van der Waals surface area contributed by atoms with Crippen LogP contribution in [-0.4, -0.2) is 0 Å². The number of benzene rings is 1. The van der Waals surface area contributed by atoms with Crippen LogP contribution >= 0.6 is 0 Å². The van der Waals surface area contributed by atoms with Gasteiger partial charge in [-0.05, 0) is 73.6 Å². The average molecular weight is 351 g/mol. The summed E-state index contributed by atoms with van der Waals surface area (Å²) in [5.41, 5.74) is 7.64. The second kappa shape index (κ2) is 10.4. The van der Waals surface area contributed by atoms with E-state index < -0.39 is 0 Å². The van der Waals surface area contributed by atoms with Gasteiger partial charge in [0.2, 0.25) is 0 Å². The molecule has 0 spiro atoms. The van der Waals surface area contributed by atoms with Gasteiger partial charge in [0.05, 0.1) is 0 Å². The smallest absolute Gasteiger partial charge is 0.0196 e. The summed E-state index contributed by atoms with van der Waals surface area (Å²) in [5.74, 6) is 1.66. The average Bonchev–Trinajstić information content (AvgIpc) is 2.54. The minimum Gasteiger partial charge on any atom is -0.100 e. The first-order chi connectivity index (χ1) is 12.1. The SMILES string of the molecule is C=C(C)CC(C)CC(C)/C=C/C(C(=C)C(C)C)=C(/C)c1ccc(C)cc1. The number of aryl methyl sites for hydroxylation is 1. The standard InChI is InChI=1S/C26H38/c1-18(2)16-22(7)17-21(6)12-15-26(23(8)19(3)4)24(9)25-13-10-20(5)11-14-25/h10-15,19,21-22H,1,8,16-17H2,2-7,9H3/b15-12+,26-24+. The summed E-state index contributed by atoms with van der Waals surface area (Å²) < 4.78 is 0. The highest BCUT2D eigenvalue weighted by Gasteiger charge is 2.11. The number of hydrogen-bond donors (Lipinski definition) is 0. The van der Waals surface area contributed by atoms with E-state index in [4.69, 9.17) is 0 Å². The molecule has 2 unspecified atom stereocenters. The van der Waals surface area contributed by atoms with E-state index in [0.29, 0.717) is 17.8 Å². The van der Waals surface area contributed by atoms with E-state index in [2.05, 4.69) is 98.0 Å². The summed E-state index contributed by atoms with van der Waals surface area (Å²) in [6.45, 7) is 24.0. The van der Waals surface area contributed by atoms with Crippen molar-refractivity contribution in [2.45, 2.75) is 61.3 Å². The Kier molecular flexibility index (Phi) is 8.85. The van der Waals surface area contributed by atoms with Crippen LogP contribution in [0.5, 0.6) is 0 Å². The first-order valence-electron chi connectivity index (χ1n) is 9.91. The van der Waals surface area contributed by atoms with Crippen LogP contribution in [-0.2, 0) is 0 Å². The Morgan fingerprint density at radius 3 is 2.08 bits per heavy atom. The van der Waals surface area contributed by atoms with Crippen LogP contribution in [0.3, 0.4) is 0 Å². The van der Waals surface area contributed by atoms with E-state index in [-0.39, 0.29) is 0 Å². The van der Waals surface area contributed by atoms with Crippen LogP contribution in [0, 0.1) is 24.7 Å². The lowest BCUT2D eigenvalue weighted by Crippen LogP contribution is -2.02. The molecule has 0 aromatic heterocycles. The molecule has 0 nitrogen and oxygen atoms in total. The largest absolute Gasteiger partial charge is 0.100 e. The van der Waals surface area contributed by atoms with Gasteiger partial charge in [-0.15, -0.1) is 6.58 Å². The molecule has 0 N–H and O–H groups in total. The molecule has 0 aliphatic heterocycles. The number of allylic oxidation sites excluding steroid dienone is 6. The van der Waals surface area contributed by atoms with Crippen molar-refractivity contribution in [2.24, 2.45) is 17.8 Å². The topological polar surface area (TPSA) is 0 Å². The molecule has 0 bridgehead atoms. The van der Waals surface area contributed by atoms with Gasteiger partial charge in [-0.1, -0.05) is 81.8 Å². The van der Waals surface area contributed by atoms with Crippen molar-refractivity contribution in [3.63, 3.8) is 0 Å². The fraction of sp³-hybridized carbons (Fsp3) is 0.462. The molecule has 1 aromatic rings. The fourth-order valence-electron chi connectivity index (χ4n) is 3.39. The molecular formula is C26H38. The quantitative estimate of drug-likeness (QED) is 0.311. The summed E-state index contributed by atoms with van der Waals surface area (Å²) in [5, 5.41) is 0. The van der Waals surface area contributed by atoms with E-state index in [0.717, 1.165) is 6.42 Å². The molecule has 1 rings (SSSR count). The molecule has 1 aromatic carbocycles. The predicted octanol–water partition coefficient (Wildman–Crippen LogP) is 8.17. The third-order valence-corrected chi connectivity index (χ3v) is 4.99. The predicted molar refractivity (Wildman–Crippen MR) is 119 cm³/mol. The summed E-state index contributed by atoms with van der Waals surface area (Å²) in [4.78, 5) is 0.